The van der Waals surface area contributed by atoms with Gasteiger partial charge in [0.05, 0.1) is 23.7 Å². The van der Waals surface area contributed by atoms with Gasteiger partial charge in [0.2, 0.25) is 0 Å². The highest BCUT2D eigenvalue weighted by Crippen LogP contribution is 2.24. The van der Waals surface area contributed by atoms with Crippen molar-refractivity contribution in [2.24, 2.45) is 0 Å². The van der Waals surface area contributed by atoms with Gasteiger partial charge in [-0.05, 0) is 37.6 Å². The minimum Gasteiger partial charge on any atom is -0.462 e. The number of carbonyl (C=O) groups excluding carboxylic acids is 2. The topological polar surface area (TPSA) is 126 Å². The van der Waals surface area contributed by atoms with Crippen molar-refractivity contribution in [1.82, 2.24) is 5.32 Å². The Hall–Kier alpha value is -3.38. The number of furan rings is 1. The van der Waals surface area contributed by atoms with E-state index < -0.39 is 27.8 Å². The van der Waals surface area contributed by atoms with Crippen molar-refractivity contribution in [3.63, 3.8) is 0 Å². The second-order valence-electron chi connectivity index (χ2n) is 6.74. The zero-order valence-electron chi connectivity index (χ0n) is 16.3. The van der Waals surface area contributed by atoms with E-state index in [1.165, 1.54) is 6.08 Å². The van der Waals surface area contributed by atoms with Crippen molar-refractivity contribution in [2.45, 2.75) is 19.4 Å². The highest BCUT2D eigenvalue weighted by atomic mass is 32.2. The third-order valence-corrected chi connectivity index (χ3v) is 6.29. The van der Waals surface area contributed by atoms with E-state index in [2.05, 4.69) is 5.32 Å². The highest BCUT2D eigenvalue weighted by molar-refractivity contribution is 7.91. The molecule has 1 amide bonds. The van der Waals surface area contributed by atoms with Crippen LogP contribution >= 0.6 is 0 Å². The van der Waals surface area contributed by atoms with Crippen molar-refractivity contribution >= 4 is 27.8 Å². The number of esters is 1. The van der Waals surface area contributed by atoms with Gasteiger partial charge in [-0.2, -0.15) is 5.26 Å². The summed E-state index contributed by atoms with van der Waals surface area (Å²) in [4.78, 5) is 24.0. The molecule has 30 heavy (non-hydrogen) atoms. The van der Waals surface area contributed by atoms with Gasteiger partial charge in [0.1, 0.15) is 23.2 Å². The van der Waals surface area contributed by atoms with E-state index in [9.17, 15) is 23.3 Å². The van der Waals surface area contributed by atoms with Crippen LogP contribution in [0.4, 0.5) is 0 Å². The number of hydrogen-bond acceptors (Lipinski definition) is 7. The molecule has 0 aliphatic carbocycles. The van der Waals surface area contributed by atoms with Gasteiger partial charge in [0.25, 0.3) is 5.91 Å². The Bertz CT molecular complexity index is 1120. The van der Waals surface area contributed by atoms with Gasteiger partial charge in [-0.1, -0.05) is 12.1 Å². The Morgan fingerprint density at radius 1 is 1.27 bits per heavy atom. The molecule has 1 aromatic carbocycles. The molecule has 2 aromatic rings. The number of nitriles is 1. The van der Waals surface area contributed by atoms with Crippen LogP contribution in [0.5, 0.6) is 0 Å². The van der Waals surface area contributed by atoms with E-state index in [-0.39, 0.29) is 17.1 Å². The monoisotopic (exact) mass is 428 g/mol. The van der Waals surface area contributed by atoms with Gasteiger partial charge in [0, 0.05) is 17.7 Å². The number of amides is 1. The van der Waals surface area contributed by atoms with Crippen LogP contribution in [0.25, 0.3) is 17.4 Å². The predicted octanol–water partition coefficient (Wildman–Crippen LogP) is 2.33. The summed E-state index contributed by atoms with van der Waals surface area (Å²) in [5.74, 6) is -0.353. The van der Waals surface area contributed by atoms with E-state index in [0.717, 1.165) is 0 Å². The highest BCUT2D eigenvalue weighted by Gasteiger charge is 2.29. The number of nitrogens with zero attached hydrogens (tertiary/aromatic N) is 1. The summed E-state index contributed by atoms with van der Waals surface area (Å²) in [5.41, 5.74) is 0.948. The van der Waals surface area contributed by atoms with Gasteiger partial charge < -0.3 is 14.5 Å². The first-order valence-electron chi connectivity index (χ1n) is 9.32. The molecule has 2 heterocycles. The summed E-state index contributed by atoms with van der Waals surface area (Å²) in [6.07, 6.45) is 1.63. The van der Waals surface area contributed by atoms with Crippen LogP contribution in [-0.2, 0) is 19.4 Å². The van der Waals surface area contributed by atoms with E-state index >= 15 is 0 Å². The summed E-state index contributed by atoms with van der Waals surface area (Å²) in [7, 11) is -3.14. The molecule has 8 nitrogen and oxygen atoms in total. The normalized spacial score (nSPS) is 17.9. The number of benzene rings is 1. The Labute approximate surface area is 174 Å². The van der Waals surface area contributed by atoms with Crippen molar-refractivity contribution in [1.29, 1.82) is 5.26 Å². The van der Waals surface area contributed by atoms with Crippen LogP contribution in [0.3, 0.4) is 0 Å². The largest absolute Gasteiger partial charge is 0.462 e. The van der Waals surface area contributed by atoms with Crippen LogP contribution < -0.4 is 5.32 Å². The summed E-state index contributed by atoms with van der Waals surface area (Å²) >= 11 is 0. The van der Waals surface area contributed by atoms with Crippen molar-refractivity contribution in [3.8, 4) is 17.4 Å². The fourth-order valence-electron chi connectivity index (χ4n) is 3.03. The zero-order chi connectivity index (χ0) is 21.7. The van der Waals surface area contributed by atoms with Gasteiger partial charge >= 0.3 is 5.97 Å². The lowest BCUT2D eigenvalue weighted by Gasteiger charge is -2.09. The van der Waals surface area contributed by atoms with Crippen molar-refractivity contribution < 1.29 is 27.2 Å². The van der Waals surface area contributed by atoms with Gasteiger partial charge in [-0.3, -0.25) is 4.79 Å². The predicted molar refractivity (Wildman–Crippen MR) is 109 cm³/mol. The summed E-state index contributed by atoms with van der Waals surface area (Å²) < 4.78 is 33.6. The molecule has 1 atom stereocenters. The molecular formula is C21H20N2O6S. The number of rotatable bonds is 6. The first-order chi connectivity index (χ1) is 14.3. The minimum atomic E-state index is -3.14. The average Bonchev–Trinajstić information content (AvgIpc) is 3.32. The Balaban J connectivity index is 1.71. The van der Waals surface area contributed by atoms with E-state index in [1.54, 1.807) is 43.3 Å². The summed E-state index contributed by atoms with van der Waals surface area (Å²) in [5, 5.41) is 11.9. The smallest absolute Gasteiger partial charge is 0.338 e. The van der Waals surface area contributed by atoms with Crippen LogP contribution in [-0.4, -0.2) is 44.4 Å². The molecule has 1 aliphatic heterocycles. The molecule has 1 saturated heterocycles. The molecule has 1 unspecified atom stereocenters. The van der Waals surface area contributed by atoms with Crippen molar-refractivity contribution in [2.75, 3.05) is 18.1 Å². The molecule has 1 N–H and O–H groups in total. The Morgan fingerprint density at radius 3 is 2.60 bits per heavy atom. The van der Waals surface area contributed by atoms with Crippen LogP contribution in [0.2, 0.25) is 0 Å². The maximum Gasteiger partial charge on any atom is 0.338 e. The molecule has 0 saturated carbocycles. The van der Waals surface area contributed by atoms with Crippen LogP contribution in [0.15, 0.2) is 46.4 Å². The number of hydrogen-bond donors (Lipinski definition) is 1. The standard InChI is InChI=1S/C21H20N2O6S/c1-2-28-21(25)15-5-3-14(4-6-15)19-8-7-18(29-19)11-16(12-22)20(24)23-17-9-10-30(26,27)13-17/h3-8,11,17H,2,9-10,13H2,1H3,(H,23,24). The molecule has 3 rings (SSSR count). The maximum atomic E-state index is 12.3. The minimum absolute atomic E-state index is 0.0278. The molecule has 9 heteroatoms. The molecule has 1 fully saturated rings. The fourth-order valence-corrected chi connectivity index (χ4v) is 4.71. The Morgan fingerprint density at radius 2 is 2.00 bits per heavy atom. The maximum absolute atomic E-state index is 12.3. The molecule has 0 bridgehead atoms. The van der Waals surface area contributed by atoms with Crippen LogP contribution in [0.1, 0.15) is 29.5 Å². The molecule has 1 aromatic heterocycles. The number of ether oxygens (including phenoxy) is 1. The second-order valence-corrected chi connectivity index (χ2v) is 8.97. The third kappa shape index (κ3) is 5.15. The lowest BCUT2D eigenvalue weighted by Crippen LogP contribution is -2.36. The van der Waals surface area contributed by atoms with E-state index in [0.29, 0.717) is 35.7 Å². The molecule has 0 spiro atoms. The number of sulfone groups is 1. The number of carbonyl (C=O) groups is 2. The lowest BCUT2D eigenvalue weighted by atomic mass is 10.1. The molecule has 156 valence electrons. The fraction of sp³-hybridized carbons (Fsp3) is 0.286. The van der Waals surface area contributed by atoms with Gasteiger partial charge in [-0.25, -0.2) is 13.2 Å². The number of nitrogens with one attached hydrogen (secondary N) is 1. The second kappa shape index (κ2) is 8.97. The molecule has 1 aliphatic rings. The SMILES string of the molecule is CCOC(=O)c1ccc(-c2ccc(C=C(C#N)C(=O)NC3CCS(=O)(=O)C3)o2)cc1. The first kappa shape index (κ1) is 21.3. The zero-order valence-corrected chi connectivity index (χ0v) is 17.1. The van der Waals surface area contributed by atoms with Gasteiger partial charge in [-0.15, -0.1) is 0 Å². The third-order valence-electron chi connectivity index (χ3n) is 4.53. The summed E-state index contributed by atoms with van der Waals surface area (Å²) in [6.45, 7) is 2.02. The molecule has 0 radical (unpaired) electrons. The van der Waals surface area contributed by atoms with Crippen molar-refractivity contribution in [3.05, 3.63) is 53.3 Å². The van der Waals surface area contributed by atoms with Gasteiger partial charge in [0.15, 0.2) is 9.84 Å². The quantitative estimate of drug-likeness (QED) is 0.425. The first-order valence-corrected chi connectivity index (χ1v) is 11.1. The average molecular weight is 428 g/mol. The van der Waals surface area contributed by atoms with E-state index in [4.69, 9.17) is 9.15 Å². The van der Waals surface area contributed by atoms with E-state index in [1.807, 2.05) is 6.07 Å². The summed E-state index contributed by atoms with van der Waals surface area (Å²) in [6, 6.07) is 11.3. The lowest BCUT2D eigenvalue weighted by molar-refractivity contribution is -0.117. The molecular weight excluding hydrogens is 408 g/mol. The van der Waals surface area contributed by atoms with Crippen LogP contribution in [0, 0.1) is 11.3 Å². The Kier molecular flexibility index (Phi) is 6.37.